The summed E-state index contributed by atoms with van der Waals surface area (Å²) in [5.74, 6) is 5.07. The van der Waals surface area contributed by atoms with Crippen LogP contribution in [-0.4, -0.2) is 8.76 Å². The third-order valence-corrected chi connectivity index (χ3v) is 1.87. The van der Waals surface area contributed by atoms with Crippen molar-refractivity contribution in [2.75, 3.05) is 5.43 Å². The molecule has 0 heterocycles. The molecular weight excluding hydrogens is 200 g/mol. The van der Waals surface area contributed by atoms with Gasteiger partial charge < -0.3 is 9.98 Å². The van der Waals surface area contributed by atoms with Crippen molar-refractivity contribution < 1.29 is 8.76 Å². The summed E-state index contributed by atoms with van der Waals surface area (Å²) >= 11 is -2.16. The van der Waals surface area contributed by atoms with E-state index in [1.165, 1.54) is 12.1 Å². The van der Waals surface area contributed by atoms with Gasteiger partial charge in [-0.15, -0.1) is 12.4 Å². The van der Waals surface area contributed by atoms with E-state index in [4.69, 9.17) is 5.84 Å². The van der Waals surface area contributed by atoms with E-state index in [2.05, 4.69) is 5.43 Å². The van der Waals surface area contributed by atoms with Gasteiger partial charge in [0, 0.05) is 10.6 Å². The van der Waals surface area contributed by atoms with Crippen LogP contribution in [0, 0.1) is 0 Å². The molecule has 1 unspecified atom stereocenters. The minimum Gasteiger partial charge on any atom is -0.768 e. The van der Waals surface area contributed by atoms with Gasteiger partial charge >= 0.3 is 0 Å². The van der Waals surface area contributed by atoms with E-state index >= 15 is 0 Å². The van der Waals surface area contributed by atoms with Gasteiger partial charge in [0.1, 0.15) is 0 Å². The van der Waals surface area contributed by atoms with Gasteiger partial charge in [0.15, 0.2) is 0 Å². The molecule has 0 saturated carbocycles. The average molecular weight is 208 g/mol. The summed E-state index contributed by atoms with van der Waals surface area (Å²) in [5.41, 5.74) is 3.07. The quantitative estimate of drug-likeness (QED) is 0.424. The van der Waals surface area contributed by atoms with E-state index in [1.807, 2.05) is 0 Å². The second-order valence-corrected chi connectivity index (χ2v) is 2.84. The second-order valence-electron chi connectivity index (χ2n) is 1.90. The van der Waals surface area contributed by atoms with E-state index in [0.29, 0.717) is 5.69 Å². The summed E-state index contributed by atoms with van der Waals surface area (Å²) in [6.07, 6.45) is 0. The molecule has 0 spiro atoms. The molecule has 0 aromatic heterocycles. The van der Waals surface area contributed by atoms with E-state index in [9.17, 15) is 8.76 Å². The maximum absolute atomic E-state index is 10.3. The average Bonchev–Trinajstić information content (AvgIpc) is 2.05. The fourth-order valence-corrected chi connectivity index (χ4v) is 1.02. The van der Waals surface area contributed by atoms with Crippen LogP contribution in [0.2, 0.25) is 0 Å². The first-order chi connectivity index (χ1) is 5.24. The third-order valence-electron chi connectivity index (χ3n) is 1.21. The number of hydrogen-bond donors (Lipinski definition) is 2. The van der Waals surface area contributed by atoms with Crippen molar-refractivity contribution in [1.29, 1.82) is 0 Å². The largest absolute Gasteiger partial charge is 0.768 e. The Balaban J connectivity index is 0.00000121. The van der Waals surface area contributed by atoms with Crippen molar-refractivity contribution in [3.63, 3.8) is 0 Å². The molecule has 68 valence electrons. The first-order valence-corrected chi connectivity index (χ1v) is 3.97. The summed E-state index contributed by atoms with van der Waals surface area (Å²) in [4.78, 5) is 0.254. The van der Waals surface area contributed by atoms with Gasteiger partial charge in [-0.2, -0.15) is 0 Å². The predicted molar refractivity (Wildman–Crippen MR) is 48.7 cm³/mol. The van der Waals surface area contributed by atoms with E-state index in [0.717, 1.165) is 0 Å². The van der Waals surface area contributed by atoms with Gasteiger partial charge in [0.05, 0.1) is 0 Å². The predicted octanol–water partition coefficient (Wildman–Crippen LogP) is 0.632. The van der Waals surface area contributed by atoms with E-state index in [1.54, 1.807) is 12.1 Å². The number of nitrogens with two attached hydrogens (primary N) is 1. The fraction of sp³-hybridized carbons (Fsp3) is 0. The van der Waals surface area contributed by atoms with Crippen LogP contribution in [0.4, 0.5) is 5.69 Å². The number of rotatable bonds is 2. The Labute approximate surface area is 78.8 Å². The van der Waals surface area contributed by atoms with Crippen LogP contribution in [0.3, 0.4) is 0 Å². The van der Waals surface area contributed by atoms with Gasteiger partial charge in [0.25, 0.3) is 0 Å². The van der Waals surface area contributed by atoms with Crippen molar-refractivity contribution in [3.05, 3.63) is 24.3 Å². The Hall–Kier alpha value is -0.620. The topological polar surface area (TPSA) is 78.2 Å². The number of halogens is 1. The molecular formula is C6H8ClN2O2S-. The van der Waals surface area contributed by atoms with E-state index in [-0.39, 0.29) is 17.3 Å². The molecule has 1 aromatic carbocycles. The molecule has 1 aromatic rings. The molecule has 1 atom stereocenters. The number of anilines is 1. The van der Waals surface area contributed by atoms with Crippen LogP contribution in [-0.2, 0) is 11.1 Å². The van der Waals surface area contributed by atoms with Crippen LogP contribution < -0.4 is 11.3 Å². The van der Waals surface area contributed by atoms with Crippen LogP contribution in [0.5, 0.6) is 0 Å². The highest BCUT2D eigenvalue weighted by Crippen LogP contribution is 2.09. The zero-order chi connectivity index (χ0) is 8.27. The number of hydrazine groups is 1. The lowest BCUT2D eigenvalue weighted by Crippen LogP contribution is -2.06. The fourth-order valence-electron chi connectivity index (χ4n) is 0.662. The van der Waals surface area contributed by atoms with Crippen LogP contribution in [0.15, 0.2) is 29.2 Å². The zero-order valence-electron chi connectivity index (χ0n) is 6.02. The Morgan fingerprint density at radius 2 is 1.83 bits per heavy atom. The first kappa shape index (κ1) is 11.4. The first-order valence-electron chi connectivity index (χ1n) is 2.90. The Morgan fingerprint density at radius 3 is 2.17 bits per heavy atom. The van der Waals surface area contributed by atoms with Crippen molar-refractivity contribution >= 4 is 29.2 Å². The molecule has 0 aliphatic carbocycles. The number of nitrogens with one attached hydrogen (secondary N) is 1. The number of nitrogen functional groups attached to an aromatic ring is 1. The molecule has 0 fully saturated rings. The number of benzene rings is 1. The highest BCUT2D eigenvalue weighted by atomic mass is 35.5. The molecule has 0 aliphatic rings. The van der Waals surface area contributed by atoms with Gasteiger partial charge in [-0.25, -0.2) is 0 Å². The second kappa shape index (κ2) is 5.10. The molecule has 0 bridgehead atoms. The SMILES string of the molecule is Cl.NNc1ccc(S(=O)[O-])cc1. The lowest BCUT2D eigenvalue weighted by molar-refractivity contribution is 0.537. The van der Waals surface area contributed by atoms with Gasteiger partial charge in [0.2, 0.25) is 0 Å². The van der Waals surface area contributed by atoms with Crippen molar-refractivity contribution in [3.8, 4) is 0 Å². The summed E-state index contributed by atoms with van der Waals surface area (Å²) < 4.78 is 20.7. The lowest BCUT2D eigenvalue weighted by Gasteiger charge is -2.05. The minimum absolute atomic E-state index is 0. The molecule has 3 N–H and O–H groups in total. The molecule has 12 heavy (non-hydrogen) atoms. The molecule has 0 radical (unpaired) electrons. The van der Waals surface area contributed by atoms with Crippen LogP contribution in [0.25, 0.3) is 0 Å². The van der Waals surface area contributed by atoms with Crippen molar-refractivity contribution in [2.45, 2.75) is 4.90 Å². The minimum atomic E-state index is -2.16. The molecule has 0 aliphatic heterocycles. The maximum atomic E-state index is 10.3. The molecule has 0 amide bonds. The maximum Gasteiger partial charge on any atom is 0.0485 e. The zero-order valence-corrected chi connectivity index (χ0v) is 7.65. The monoisotopic (exact) mass is 207 g/mol. The van der Waals surface area contributed by atoms with Gasteiger partial charge in [-0.1, -0.05) is 0 Å². The standard InChI is InChI=1S/C6H8N2O2S.ClH/c7-8-5-1-3-6(4-2-5)11(9)10;/h1-4,8H,7H2,(H,9,10);1H/p-1. The smallest absolute Gasteiger partial charge is 0.0485 e. The Bertz CT molecular complexity index is 265. The summed E-state index contributed by atoms with van der Waals surface area (Å²) in [7, 11) is 0. The summed E-state index contributed by atoms with van der Waals surface area (Å²) in [6.45, 7) is 0. The Morgan fingerprint density at radius 1 is 1.33 bits per heavy atom. The molecule has 1 rings (SSSR count). The Kier molecular flexibility index (Phi) is 4.84. The third kappa shape index (κ3) is 2.78. The highest BCUT2D eigenvalue weighted by molar-refractivity contribution is 7.79. The van der Waals surface area contributed by atoms with Crippen LogP contribution in [0.1, 0.15) is 0 Å². The molecule has 6 heteroatoms. The lowest BCUT2D eigenvalue weighted by atomic mass is 10.3. The summed E-state index contributed by atoms with van der Waals surface area (Å²) in [6, 6.07) is 6.12. The molecule has 4 nitrogen and oxygen atoms in total. The number of hydrogen-bond acceptors (Lipinski definition) is 4. The van der Waals surface area contributed by atoms with Crippen molar-refractivity contribution in [1.82, 2.24) is 0 Å². The normalized spacial score (nSPS) is 11.5. The summed E-state index contributed by atoms with van der Waals surface area (Å²) in [5, 5.41) is 0. The molecule has 0 saturated heterocycles. The van der Waals surface area contributed by atoms with Gasteiger partial charge in [-0.3, -0.25) is 10.1 Å². The van der Waals surface area contributed by atoms with Crippen LogP contribution >= 0.6 is 12.4 Å². The van der Waals surface area contributed by atoms with E-state index < -0.39 is 11.1 Å². The highest BCUT2D eigenvalue weighted by Gasteiger charge is 1.90. The van der Waals surface area contributed by atoms with Crippen molar-refractivity contribution in [2.24, 2.45) is 5.84 Å². The van der Waals surface area contributed by atoms with Gasteiger partial charge in [-0.05, 0) is 35.3 Å².